The van der Waals surface area contributed by atoms with E-state index in [0.717, 1.165) is 43.7 Å². The Kier molecular flexibility index (Phi) is 7.34. The zero-order chi connectivity index (χ0) is 24.1. The van der Waals surface area contributed by atoms with E-state index in [0.29, 0.717) is 24.7 Å². The number of amides is 1. The van der Waals surface area contributed by atoms with Crippen LogP contribution in [0.5, 0.6) is 0 Å². The Balaban J connectivity index is 1.39. The second-order valence-electron chi connectivity index (χ2n) is 8.50. The van der Waals surface area contributed by atoms with Crippen LogP contribution in [-0.4, -0.2) is 63.0 Å². The van der Waals surface area contributed by atoms with E-state index in [1.165, 1.54) is 17.7 Å². The minimum Gasteiger partial charge on any atom is -0.348 e. The van der Waals surface area contributed by atoms with Gasteiger partial charge >= 0.3 is 0 Å². The summed E-state index contributed by atoms with van der Waals surface area (Å²) in [7, 11) is 0. The van der Waals surface area contributed by atoms with Gasteiger partial charge in [0.15, 0.2) is 0 Å². The number of rotatable bonds is 8. The van der Waals surface area contributed by atoms with E-state index in [9.17, 15) is 9.59 Å². The van der Waals surface area contributed by atoms with Crippen molar-refractivity contribution >= 4 is 22.9 Å². The van der Waals surface area contributed by atoms with Crippen molar-refractivity contribution in [2.75, 3.05) is 38.0 Å². The minimum absolute atomic E-state index is 0.00329. The van der Waals surface area contributed by atoms with Crippen LogP contribution >= 0.6 is 0 Å². The molecule has 1 amide bonds. The van der Waals surface area contributed by atoms with E-state index in [1.54, 1.807) is 16.8 Å². The quantitative estimate of drug-likeness (QED) is 0.492. The van der Waals surface area contributed by atoms with Gasteiger partial charge in [-0.25, -0.2) is 4.98 Å². The van der Waals surface area contributed by atoms with Crippen molar-refractivity contribution in [1.82, 2.24) is 24.3 Å². The number of benzene rings is 1. The summed E-state index contributed by atoms with van der Waals surface area (Å²) >= 11 is 0. The van der Waals surface area contributed by atoms with E-state index >= 15 is 0 Å². The van der Waals surface area contributed by atoms with Crippen LogP contribution in [0.3, 0.4) is 0 Å². The van der Waals surface area contributed by atoms with Crippen molar-refractivity contribution in [3.05, 3.63) is 76.7 Å². The molecule has 1 saturated heterocycles. The monoisotopic (exact) mass is 461 g/mol. The maximum Gasteiger partial charge on any atom is 0.252 e. The minimum atomic E-state index is -0.125. The Morgan fingerprint density at radius 2 is 1.91 bits per heavy atom. The molecule has 178 valence electrons. The maximum atomic E-state index is 12.2. The molecule has 2 aromatic heterocycles. The SMILES string of the molecule is C=CC(=O)N1CCN(Cc2ccc([C@H](C)Nc3ncc4ccc(=O)n(CCN)c4n3)cc2)CC1. The Hall–Kier alpha value is -3.56. The summed E-state index contributed by atoms with van der Waals surface area (Å²) in [5.74, 6) is 0.468. The van der Waals surface area contributed by atoms with Gasteiger partial charge in [0.25, 0.3) is 5.56 Å². The highest BCUT2D eigenvalue weighted by atomic mass is 16.2. The van der Waals surface area contributed by atoms with Crippen molar-refractivity contribution < 1.29 is 4.79 Å². The molecule has 3 heterocycles. The van der Waals surface area contributed by atoms with Gasteiger partial charge in [0.1, 0.15) is 5.65 Å². The average Bonchev–Trinajstić information content (AvgIpc) is 2.86. The number of hydrogen-bond acceptors (Lipinski definition) is 7. The van der Waals surface area contributed by atoms with Crippen LogP contribution in [0, 0.1) is 0 Å². The van der Waals surface area contributed by atoms with Crippen molar-refractivity contribution in [3.63, 3.8) is 0 Å². The first-order valence-electron chi connectivity index (χ1n) is 11.5. The number of aromatic nitrogens is 3. The molecule has 4 rings (SSSR count). The highest BCUT2D eigenvalue weighted by Gasteiger charge is 2.19. The highest BCUT2D eigenvalue weighted by molar-refractivity contribution is 5.87. The Morgan fingerprint density at radius 3 is 2.59 bits per heavy atom. The summed E-state index contributed by atoms with van der Waals surface area (Å²) in [6, 6.07) is 11.7. The summed E-state index contributed by atoms with van der Waals surface area (Å²) in [5, 5.41) is 4.13. The van der Waals surface area contributed by atoms with E-state index < -0.39 is 0 Å². The van der Waals surface area contributed by atoms with Gasteiger partial charge in [0.2, 0.25) is 11.9 Å². The number of anilines is 1. The largest absolute Gasteiger partial charge is 0.348 e. The van der Waals surface area contributed by atoms with E-state index in [4.69, 9.17) is 5.73 Å². The topological polar surface area (TPSA) is 109 Å². The van der Waals surface area contributed by atoms with Gasteiger partial charge in [-0.15, -0.1) is 0 Å². The molecule has 1 atom stereocenters. The fraction of sp³-hybridized carbons (Fsp3) is 0.360. The predicted molar refractivity (Wildman–Crippen MR) is 133 cm³/mol. The number of carbonyl (C=O) groups is 1. The van der Waals surface area contributed by atoms with E-state index in [2.05, 4.69) is 58.0 Å². The lowest BCUT2D eigenvalue weighted by Gasteiger charge is -2.34. The third-order valence-corrected chi connectivity index (χ3v) is 6.17. The fourth-order valence-corrected chi connectivity index (χ4v) is 4.19. The number of nitrogens with two attached hydrogens (primary N) is 1. The number of piperazine rings is 1. The van der Waals surface area contributed by atoms with Crippen LogP contribution in [0.15, 0.2) is 60.0 Å². The van der Waals surface area contributed by atoms with E-state index in [1.807, 2.05) is 4.90 Å². The second-order valence-corrected chi connectivity index (χ2v) is 8.50. The smallest absolute Gasteiger partial charge is 0.252 e. The van der Waals surface area contributed by atoms with Gasteiger partial charge in [-0.3, -0.25) is 19.1 Å². The summed E-state index contributed by atoms with van der Waals surface area (Å²) in [5.41, 5.74) is 8.46. The molecule has 1 fully saturated rings. The Bertz CT molecular complexity index is 1210. The Labute approximate surface area is 198 Å². The first-order chi connectivity index (χ1) is 16.5. The molecule has 9 nitrogen and oxygen atoms in total. The molecule has 3 N–H and O–H groups in total. The second kappa shape index (κ2) is 10.6. The van der Waals surface area contributed by atoms with Crippen LogP contribution in [0.4, 0.5) is 5.95 Å². The lowest BCUT2D eigenvalue weighted by molar-refractivity contribution is -0.127. The van der Waals surface area contributed by atoms with Crippen LogP contribution < -0.4 is 16.6 Å². The zero-order valence-electron chi connectivity index (χ0n) is 19.5. The normalized spacial score (nSPS) is 15.3. The van der Waals surface area contributed by atoms with Gasteiger partial charge in [-0.2, -0.15) is 4.98 Å². The summed E-state index contributed by atoms with van der Waals surface area (Å²) in [6.07, 6.45) is 3.10. The molecule has 34 heavy (non-hydrogen) atoms. The molecule has 0 saturated carbocycles. The molecule has 0 unspecified atom stereocenters. The summed E-state index contributed by atoms with van der Waals surface area (Å²) < 4.78 is 1.58. The predicted octanol–water partition coefficient (Wildman–Crippen LogP) is 1.75. The number of nitrogens with one attached hydrogen (secondary N) is 1. The third kappa shape index (κ3) is 5.32. The lowest BCUT2D eigenvalue weighted by atomic mass is 10.1. The van der Waals surface area contributed by atoms with Crippen molar-refractivity contribution in [2.24, 2.45) is 5.73 Å². The first kappa shape index (κ1) is 23.6. The molecule has 0 aliphatic carbocycles. The van der Waals surface area contributed by atoms with Crippen molar-refractivity contribution in [1.29, 1.82) is 0 Å². The van der Waals surface area contributed by atoms with Crippen LogP contribution in [0.1, 0.15) is 24.1 Å². The maximum absolute atomic E-state index is 12.2. The molecular weight excluding hydrogens is 430 g/mol. The van der Waals surface area contributed by atoms with Gasteiger partial charge in [-0.1, -0.05) is 30.8 Å². The Morgan fingerprint density at radius 1 is 1.18 bits per heavy atom. The van der Waals surface area contributed by atoms with Gasteiger partial charge in [0, 0.05) is 63.5 Å². The first-order valence-corrected chi connectivity index (χ1v) is 11.5. The zero-order valence-corrected chi connectivity index (χ0v) is 19.5. The molecule has 0 radical (unpaired) electrons. The van der Waals surface area contributed by atoms with Gasteiger partial charge in [0.05, 0.1) is 6.04 Å². The standard InChI is InChI=1S/C25H31N7O2/c1-3-22(33)31-14-12-30(13-15-31)17-19-4-6-20(7-5-19)18(2)28-25-27-16-21-8-9-23(34)32(11-10-26)24(21)29-25/h3-9,16,18H,1,10-15,17,26H2,2H3,(H,27,28,29)/t18-/m0/s1. The van der Waals surface area contributed by atoms with Crippen LogP contribution in [0.25, 0.3) is 11.0 Å². The van der Waals surface area contributed by atoms with Crippen molar-refractivity contribution in [2.45, 2.75) is 26.1 Å². The molecule has 1 aromatic carbocycles. The molecular formula is C25H31N7O2. The molecule has 1 aliphatic rings. The highest BCUT2D eigenvalue weighted by Crippen LogP contribution is 2.20. The molecule has 9 heteroatoms. The molecule has 1 aliphatic heterocycles. The third-order valence-electron chi connectivity index (χ3n) is 6.17. The number of pyridine rings is 1. The van der Waals surface area contributed by atoms with E-state index in [-0.39, 0.29) is 17.5 Å². The summed E-state index contributed by atoms with van der Waals surface area (Å²) in [4.78, 5) is 37.1. The average molecular weight is 462 g/mol. The lowest BCUT2D eigenvalue weighted by Crippen LogP contribution is -2.47. The van der Waals surface area contributed by atoms with Crippen LogP contribution in [-0.2, 0) is 17.9 Å². The number of carbonyl (C=O) groups excluding carboxylic acids is 1. The number of hydrogen-bond donors (Lipinski definition) is 2. The van der Waals surface area contributed by atoms with Crippen LogP contribution in [0.2, 0.25) is 0 Å². The molecule has 0 bridgehead atoms. The molecule has 0 spiro atoms. The van der Waals surface area contributed by atoms with Gasteiger partial charge < -0.3 is 16.0 Å². The van der Waals surface area contributed by atoms with Crippen molar-refractivity contribution in [3.8, 4) is 0 Å². The number of nitrogens with zero attached hydrogens (tertiary/aromatic N) is 5. The molecule has 3 aromatic rings. The van der Waals surface area contributed by atoms with Gasteiger partial charge in [-0.05, 0) is 30.2 Å². The number of fused-ring (bicyclic) bond motifs is 1. The summed E-state index contributed by atoms with van der Waals surface area (Å²) in [6.45, 7) is 10.4. The fourth-order valence-electron chi connectivity index (χ4n) is 4.19.